The zero-order chi connectivity index (χ0) is 8.55. The van der Waals surface area contributed by atoms with Crippen molar-refractivity contribution in [3.63, 3.8) is 0 Å². The molecule has 0 aromatic heterocycles. The molecule has 2 atom stereocenters. The Morgan fingerprint density at radius 3 is 3.08 bits per heavy atom. The van der Waals surface area contributed by atoms with Crippen LogP contribution < -0.4 is 5.32 Å². The van der Waals surface area contributed by atoms with Crippen LogP contribution in [0.25, 0.3) is 0 Å². The van der Waals surface area contributed by atoms with Crippen LogP contribution in [0.2, 0.25) is 0 Å². The third-order valence-electron chi connectivity index (χ3n) is 2.55. The number of fused-ring (bicyclic) bond motifs is 1. The predicted octanol–water partition coefficient (Wildman–Crippen LogP) is 1.54. The fourth-order valence-corrected chi connectivity index (χ4v) is 1.84. The number of aliphatic hydroxyl groups excluding tert-OH is 1. The zero-order valence-corrected chi connectivity index (χ0v) is 7.38. The Morgan fingerprint density at radius 2 is 2.50 bits per heavy atom. The molecule has 2 N–H and O–H groups in total. The number of hydrogen-bond acceptors (Lipinski definition) is 2. The van der Waals surface area contributed by atoms with Crippen LogP contribution in [0.1, 0.15) is 26.2 Å². The smallest absolute Gasteiger partial charge is 0.0578 e. The van der Waals surface area contributed by atoms with E-state index in [1.54, 1.807) is 0 Å². The third-order valence-corrected chi connectivity index (χ3v) is 2.55. The van der Waals surface area contributed by atoms with Gasteiger partial charge in [-0.15, -0.1) is 0 Å². The molecule has 2 rings (SSSR count). The number of hydrogen-bond donors (Lipinski definition) is 2. The summed E-state index contributed by atoms with van der Waals surface area (Å²) in [5.74, 6) is 0.566. The average molecular weight is 165 g/mol. The van der Waals surface area contributed by atoms with Gasteiger partial charge < -0.3 is 10.4 Å². The lowest BCUT2D eigenvalue weighted by Gasteiger charge is -2.05. The van der Waals surface area contributed by atoms with Crippen molar-refractivity contribution < 1.29 is 5.11 Å². The van der Waals surface area contributed by atoms with Gasteiger partial charge in [-0.1, -0.05) is 19.4 Å². The van der Waals surface area contributed by atoms with E-state index in [9.17, 15) is 5.11 Å². The van der Waals surface area contributed by atoms with Gasteiger partial charge in [-0.05, 0) is 24.6 Å². The van der Waals surface area contributed by atoms with Crippen molar-refractivity contribution in [3.05, 3.63) is 23.5 Å². The number of nitrogens with one attached hydrogen (secondary N) is 1. The number of dihydropyridines is 1. The summed E-state index contributed by atoms with van der Waals surface area (Å²) >= 11 is 0. The minimum Gasteiger partial charge on any atom is -0.393 e. The van der Waals surface area contributed by atoms with Crippen LogP contribution in [-0.4, -0.2) is 11.2 Å². The van der Waals surface area contributed by atoms with E-state index < -0.39 is 0 Å². The van der Waals surface area contributed by atoms with E-state index in [1.165, 1.54) is 11.3 Å². The van der Waals surface area contributed by atoms with Gasteiger partial charge in [0.25, 0.3) is 0 Å². The molecule has 0 fully saturated rings. The first-order valence-electron chi connectivity index (χ1n) is 4.67. The first kappa shape index (κ1) is 7.87. The molecule has 0 amide bonds. The molecule has 2 heteroatoms. The van der Waals surface area contributed by atoms with Gasteiger partial charge in [0.2, 0.25) is 0 Å². The van der Waals surface area contributed by atoms with Crippen molar-refractivity contribution in [1.29, 1.82) is 0 Å². The normalized spacial score (nSPS) is 27.0. The molecule has 1 aliphatic heterocycles. The maximum atomic E-state index is 9.53. The Hall–Kier alpha value is -0.760. The second kappa shape index (κ2) is 2.94. The van der Waals surface area contributed by atoms with E-state index >= 15 is 0 Å². The van der Waals surface area contributed by atoms with Gasteiger partial charge in [-0.3, -0.25) is 0 Å². The van der Waals surface area contributed by atoms with Crippen molar-refractivity contribution in [2.24, 2.45) is 5.92 Å². The first-order chi connectivity index (χ1) is 5.83. The van der Waals surface area contributed by atoms with Gasteiger partial charge >= 0.3 is 0 Å². The maximum absolute atomic E-state index is 9.53. The standard InChI is InChI=1S/C10H15NO/c1-2-3-7(12)6-9-8-4-5-11-10(8)9/h4-5,7-8,11-12H,2-3,6H2,1H3/t7?,8-/m1/s1. The van der Waals surface area contributed by atoms with Crippen molar-refractivity contribution >= 4 is 0 Å². The van der Waals surface area contributed by atoms with Crippen molar-refractivity contribution in [2.45, 2.75) is 32.3 Å². The van der Waals surface area contributed by atoms with E-state index in [-0.39, 0.29) is 6.10 Å². The van der Waals surface area contributed by atoms with Crippen LogP contribution in [0, 0.1) is 5.92 Å². The molecule has 1 heterocycles. The Labute approximate surface area is 73.0 Å². The van der Waals surface area contributed by atoms with Gasteiger partial charge in [0.15, 0.2) is 0 Å². The molecule has 0 saturated carbocycles. The summed E-state index contributed by atoms with van der Waals surface area (Å²) < 4.78 is 0. The molecular formula is C10H15NO. The minimum atomic E-state index is -0.127. The van der Waals surface area contributed by atoms with Gasteiger partial charge in [0, 0.05) is 11.6 Å². The Morgan fingerprint density at radius 1 is 1.67 bits per heavy atom. The van der Waals surface area contributed by atoms with Crippen LogP contribution in [0.15, 0.2) is 23.5 Å². The molecule has 0 spiro atoms. The van der Waals surface area contributed by atoms with Crippen LogP contribution in [0.5, 0.6) is 0 Å². The van der Waals surface area contributed by atoms with Crippen LogP contribution in [0.4, 0.5) is 0 Å². The highest BCUT2D eigenvalue weighted by atomic mass is 16.3. The van der Waals surface area contributed by atoms with Gasteiger partial charge in [0.05, 0.1) is 6.10 Å². The largest absolute Gasteiger partial charge is 0.393 e. The summed E-state index contributed by atoms with van der Waals surface area (Å²) in [5.41, 5.74) is 2.75. The fourth-order valence-electron chi connectivity index (χ4n) is 1.84. The molecule has 0 saturated heterocycles. The summed E-state index contributed by atoms with van der Waals surface area (Å²) in [6, 6.07) is 0. The highest BCUT2D eigenvalue weighted by molar-refractivity contribution is 5.49. The number of aliphatic hydroxyl groups is 1. The Bertz CT molecular complexity index is 242. The number of allylic oxidation sites excluding steroid dienone is 1. The van der Waals surface area contributed by atoms with Gasteiger partial charge in [-0.25, -0.2) is 0 Å². The molecule has 0 aromatic carbocycles. The molecule has 1 unspecified atom stereocenters. The summed E-state index contributed by atoms with van der Waals surface area (Å²) in [6.45, 7) is 2.10. The van der Waals surface area contributed by atoms with E-state index in [2.05, 4.69) is 18.3 Å². The average Bonchev–Trinajstić information content (AvgIpc) is 2.51. The molecular weight excluding hydrogens is 150 g/mol. The lowest BCUT2D eigenvalue weighted by molar-refractivity contribution is 0.164. The Kier molecular flexibility index (Phi) is 1.93. The molecule has 66 valence electrons. The molecule has 0 radical (unpaired) electrons. The second-order valence-corrected chi connectivity index (χ2v) is 3.57. The van der Waals surface area contributed by atoms with Crippen LogP contribution in [0.3, 0.4) is 0 Å². The molecule has 2 nitrogen and oxygen atoms in total. The third kappa shape index (κ3) is 1.27. The monoisotopic (exact) mass is 165 g/mol. The quantitative estimate of drug-likeness (QED) is 0.662. The van der Waals surface area contributed by atoms with E-state index in [4.69, 9.17) is 0 Å². The van der Waals surface area contributed by atoms with Gasteiger partial charge in [0.1, 0.15) is 0 Å². The molecule has 12 heavy (non-hydrogen) atoms. The lowest BCUT2D eigenvalue weighted by atomic mass is 10.1. The van der Waals surface area contributed by atoms with E-state index in [0.717, 1.165) is 19.3 Å². The van der Waals surface area contributed by atoms with Crippen LogP contribution >= 0.6 is 0 Å². The number of rotatable bonds is 4. The Balaban J connectivity index is 1.79. The predicted molar refractivity (Wildman–Crippen MR) is 48.3 cm³/mol. The fraction of sp³-hybridized carbons (Fsp3) is 0.600. The van der Waals surface area contributed by atoms with Crippen molar-refractivity contribution in [2.75, 3.05) is 0 Å². The van der Waals surface area contributed by atoms with Crippen molar-refractivity contribution in [3.8, 4) is 0 Å². The molecule has 0 bridgehead atoms. The van der Waals surface area contributed by atoms with Crippen molar-refractivity contribution in [1.82, 2.24) is 5.32 Å². The highest BCUT2D eigenvalue weighted by Crippen LogP contribution is 2.44. The lowest BCUT2D eigenvalue weighted by Crippen LogP contribution is -2.05. The van der Waals surface area contributed by atoms with E-state index in [1.807, 2.05) is 6.20 Å². The summed E-state index contributed by atoms with van der Waals surface area (Å²) in [5, 5.41) is 12.7. The molecule has 2 aliphatic rings. The second-order valence-electron chi connectivity index (χ2n) is 3.57. The maximum Gasteiger partial charge on any atom is 0.0578 e. The zero-order valence-electron chi connectivity index (χ0n) is 7.38. The summed E-state index contributed by atoms with van der Waals surface area (Å²) in [6.07, 6.45) is 6.87. The SMILES string of the molecule is CCCC(O)CC1=C2NC=C[C@H]12. The van der Waals surface area contributed by atoms with Gasteiger partial charge in [-0.2, -0.15) is 0 Å². The van der Waals surface area contributed by atoms with E-state index in [0.29, 0.717) is 5.92 Å². The summed E-state index contributed by atoms with van der Waals surface area (Å²) in [7, 11) is 0. The topological polar surface area (TPSA) is 32.3 Å². The molecule has 0 aromatic rings. The minimum absolute atomic E-state index is 0.127. The summed E-state index contributed by atoms with van der Waals surface area (Å²) in [4.78, 5) is 0. The first-order valence-corrected chi connectivity index (χ1v) is 4.67. The van der Waals surface area contributed by atoms with Crippen LogP contribution in [-0.2, 0) is 0 Å². The highest BCUT2D eigenvalue weighted by Gasteiger charge is 2.37. The molecule has 1 aliphatic carbocycles.